The van der Waals surface area contributed by atoms with E-state index in [1.54, 1.807) is 0 Å². The van der Waals surface area contributed by atoms with Crippen molar-refractivity contribution in [2.75, 3.05) is 5.73 Å². The minimum atomic E-state index is -0.354. The lowest BCUT2D eigenvalue weighted by Crippen LogP contribution is -2.21. The SMILES string of the molecule is Cc1cc(-c2ccc(C3=CC(C)OC(C)C3)c(F)c2N)cc(C)n1. The topological polar surface area (TPSA) is 48.1 Å². The largest absolute Gasteiger partial charge is 0.396 e. The highest BCUT2D eigenvalue weighted by atomic mass is 19.1. The van der Waals surface area contributed by atoms with Crippen LogP contribution < -0.4 is 5.73 Å². The fourth-order valence-electron chi connectivity index (χ4n) is 3.40. The van der Waals surface area contributed by atoms with Crippen LogP contribution in [-0.2, 0) is 4.74 Å². The van der Waals surface area contributed by atoms with Crippen LogP contribution in [0.3, 0.4) is 0 Å². The summed E-state index contributed by atoms with van der Waals surface area (Å²) in [6, 6.07) is 7.57. The van der Waals surface area contributed by atoms with Gasteiger partial charge in [-0.3, -0.25) is 4.98 Å². The van der Waals surface area contributed by atoms with Crippen LogP contribution in [0.2, 0.25) is 0 Å². The van der Waals surface area contributed by atoms with Gasteiger partial charge in [0.1, 0.15) is 0 Å². The Labute approximate surface area is 142 Å². The number of rotatable bonds is 2. The first-order valence-corrected chi connectivity index (χ1v) is 8.25. The number of hydrogen-bond acceptors (Lipinski definition) is 3. The van der Waals surface area contributed by atoms with E-state index in [0.29, 0.717) is 17.5 Å². The number of nitrogens with zero attached hydrogens (tertiary/aromatic N) is 1. The lowest BCUT2D eigenvalue weighted by molar-refractivity contribution is 0.0303. The molecule has 4 heteroatoms. The number of ether oxygens (including phenoxy) is 1. The lowest BCUT2D eigenvalue weighted by atomic mass is 9.92. The van der Waals surface area contributed by atoms with Crippen molar-refractivity contribution in [2.24, 2.45) is 0 Å². The molecule has 2 atom stereocenters. The Morgan fingerprint density at radius 3 is 2.38 bits per heavy atom. The van der Waals surface area contributed by atoms with Gasteiger partial charge in [-0.2, -0.15) is 0 Å². The van der Waals surface area contributed by atoms with Crippen molar-refractivity contribution < 1.29 is 9.13 Å². The summed E-state index contributed by atoms with van der Waals surface area (Å²) in [4.78, 5) is 4.36. The molecule has 2 heterocycles. The minimum Gasteiger partial charge on any atom is -0.396 e. The van der Waals surface area contributed by atoms with Gasteiger partial charge in [0.05, 0.1) is 17.9 Å². The zero-order valence-corrected chi connectivity index (χ0v) is 14.6. The number of nitrogen functional groups attached to an aromatic ring is 1. The van der Waals surface area contributed by atoms with Gasteiger partial charge in [-0.15, -0.1) is 0 Å². The average Bonchev–Trinajstić information content (AvgIpc) is 2.47. The first kappa shape index (κ1) is 16.7. The van der Waals surface area contributed by atoms with Gasteiger partial charge in [-0.05, 0) is 57.4 Å². The Morgan fingerprint density at radius 2 is 1.75 bits per heavy atom. The van der Waals surface area contributed by atoms with Crippen LogP contribution in [-0.4, -0.2) is 17.2 Å². The van der Waals surface area contributed by atoms with Crippen LogP contribution in [0.4, 0.5) is 10.1 Å². The number of halogens is 1. The van der Waals surface area contributed by atoms with Gasteiger partial charge in [0.25, 0.3) is 0 Å². The molecule has 0 spiro atoms. The van der Waals surface area contributed by atoms with Crippen molar-refractivity contribution >= 4 is 11.3 Å². The fourth-order valence-corrected chi connectivity index (χ4v) is 3.40. The van der Waals surface area contributed by atoms with Crippen molar-refractivity contribution in [3.8, 4) is 11.1 Å². The van der Waals surface area contributed by atoms with E-state index in [1.807, 2.05) is 58.0 Å². The molecule has 2 N–H and O–H groups in total. The second kappa shape index (κ2) is 6.36. The maximum absolute atomic E-state index is 15.0. The fraction of sp³-hybridized carbons (Fsp3) is 0.350. The number of benzene rings is 1. The quantitative estimate of drug-likeness (QED) is 0.816. The summed E-state index contributed by atoms with van der Waals surface area (Å²) in [6.07, 6.45) is 2.71. The van der Waals surface area contributed by atoms with Gasteiger partial charge < -0.3 is 10.5 Å². The Bertz CT molecular complexity index is 793. The number of pyridine rings is 1. The summed E-state index contributed by atoms with van der Waals surface area (Å²) in [7, 11) is 0. The summed E-state index contributed by atoms with van der Waals surface area (Å²) < 4.78 is 20.7. The van der Waals surface area contributed by atoms with E-state index in [-0.39, 0.29) is 23.7 Å². The highest BCUT2D eigenvalue weighted by molar-refractivity contribution is 5.81. The molecule has 3 nitrogen and oxygen atoms in total. The predicted octanol–water partition coefficient (Wildman–Crippen LogP) is 4.67. The monoisotopic (exact) mass is 326 g/mol. The zero-order chi connectivity index (χ0) is 17.4. The van der Waals surface area contributed by atoms with Crippen LogP contribution in [0.1, 0.15) is 37.2 Å². The second-order valence-electron chi connectivity index (χ2n) is 6.57. The molecule has 1 aliphatic heterocycles. The van der Waals surface area contributed by atoms with E-state index >= 15 is 0 Å². The van der Waals surface area contributed by atoms with Crippen molar-refractivity contribution in [2.45, 2.75) is 46.3 Å². The van der Waals surface area contributed by atoms with Crippen LogP contribution in [0.5, 0.6) is 0 Å². The highest BCUT2D eigenvalue weighted by Crippen LogP contribution is 2.36. The van der Waals surface area contributed by atoms with Gasteiger partial charge in [-0.1, -0.05) is 18.2 Å². The Kier molecular flexibility index (Phi) is 4.41. The van der Waals surface area contributed by atoms with Crippen LogP contribution >= 0.6 is 0 Å². The first-order valence-electron chi connectivity index (χ1n) is 8.25. The first-order chi connectivity index (χ1) is 11.3. The van der Waals surface area contributed by atoms with Crippen molar-refractivity contribution in [1.82, 2.24) is 4.98 Å². The number of aryl methyl sites for hydroxylation is 2. The molecule has 1 aliphatic rings. The zero-order valence-electron chi connectivity index (χ0n) is 14.6. The summed E-state index contributed by atoms with van der Waals surface area (Å²) in [5.74, 6) is -0.354. The van der Waals surface area contributed by atoms with E-state index in [0.717, 1.165) is 22.5 Å². The smallest absolute Gasteiger partial charge is 0.154 e. The molecule has 0 saturated carbocycles. The third kappa shape index (κ3) is 3.20. The van der Waals surface area contributed by atoms with Crippen LogP contribution in [0, 0.1) is 19.7 Å². The van der Waals surface area contributed by atoms with Crippen LogP contribution in [0.15, 0.2) is 30.3 Å². The highest BCUT2D eigenvalue weighted by Gasteiger charge is 2.21. The summed E-state index contributed by atoms with van der Waals surface area (Å²) >= 11 is 0. The second-order valence-corrected chi connectivity index (χ2v) is 6.57. The summed E-state index contributed by atoms with van der Waals surface area (Å²) in [5, 5.41) is 0. The molecular weight excluding hydrogens is 303 g/mol. The number of nitrogens with two attached hydrogens (primary N) is 1. The molecule has 0 bridgehead atoms. The van der Waals surface area contributed by atoms with Gasteiger partial charge in [0.15, 0.2) is 5.82 Å². The average molecular weight is 326 g/mol. The van der Waals surface area contributed by atoms with E-state index in [2.05, 4.69) is 4.98 Å². The third-order valence-electron chi connectivity index (χ3n) is 4.31. The molecule has 3 rings (SSSR count). The van der Waals surface area contributed by atoms with Crippen molar-refractivity contribution in [1.29, 1.82) is 0 Å². The maximum Gasteiger partial charge on any atom is 0.154 e. The van der Waals surface area contributed by atoms with Gasteiger partial charge >= 0.3 is 0 Å². The van der Waals surface area contributed by atoms with Crippen LogP contribution in [0.25, 0.3) is 16.7 Å². The Morgan fingerprint density at radius 1 is 1.12 bits per heavy atom. The molecule has 2 aromatic rings. The molecule has 0 aliphatic carbocycles. The molecule has 0 amide bonds. The van der Waals surface area contributed by atoms with E-state index < -0.39 is 0 Å². The molecule has 1 aromatic heterocycles. The molecule has 0 radical (unpaired) electrons. The van der Waals surface area contributed by atoms with Gasteiger partial charge in [0.2, 0.25) is 0 Å². The van der Waals surface area contributed by atoms with E-state index in [1.165, 1.54) is 0 Å². The number of hydrogen-bond donors (Lipinski definition) is 1. The van der Waals surface area contributed by atoms with E-state index in [9.17, 15) is 4.39 Å². The molecule has 1 aromatic carbocycles. The predicted molar refractivity (Wildman–Crippen MR) is 96.1 cm³/mol. The molecular formula is C20H23FN2O. The standard InChI is InChI=1S/C20H23FN2O/c1-11-7-15(8-12(2)23-11)18-6-5-17(19(21)20(18)22)16-9-13(3)24-14(4)10-16/h5-9,13-14H,10,22H2,1-4H3. The number of aromatic nitrogens is 1. The van der Waals surface area contributed by atoms with Gasteiger partial charge in [0, 0.05) is 22.5 Å². The third-order valence-corrected chi connectivity index (χ3v) is 4.31. The van der Waals surface area contributed by atoms with E-state index in [4.69, 9.17) is 10.5 Å². The summed E-state index contributed by atoms with van der Waals surface area (Å²) in [5.41, 5.74) is 11.2. The molecule has 24 heavy (non-hydrogen) atoms. The molecule has 126 valence electrons. The Balaban J connectivity index is 2.07. The Hall–Kier alpha value is -2.20. The lowest BCUT2D eigenvalue weighted by Gasteiger charge is -2.25. The van der Waals surface area contributed by atoms with Crippen molar-refractivity contribution in [3.05, 3.63) is 53.1 Å². The molecule has 0 saturated heterocycles. The van der Waals surface area contributed by atoms with Crippen molar-refractivity contribution in [3.63, 3.8) is 0 Å². The maximum atomic E-state index is 15.0. The minimum absolute atomic E-state index is 0.0189. The number of anilines is 1. The normalized spacial score (nSPS) is 20.8. The summed E-state index contributed by atoms with van der Waals surface area (Å²) in [6.45, 7) is 7.82. The molecule has 0 fully saturated rings. The van der Waals surface area contributed by atoms with Gasteiger partial charge in [-0.25, -0.2) is 4.39 Å². The molecule has 2 unspecified atom stereocenters.